The number of rotatable bonds is 5. The van der Waals surface area contributed by atoms with Crippen LogP contribution in [0.15, 0.2) is 0 Å². The van der Waals surface area contributed by atoms with Gasteiger partial charge in [0.2, 0.25) is 5.79 Å². The van der Waals surface area contributed by atoms with E-state index >= 15 is 0 Å². The molecule has 2 saturated heterocycles. The summed E-state index contributed by atoms with van der Waals surface area (Å²) >= 11 is 0. The van der Waals surface area contributed by atoms with Gasteiger partial charge in [-0.3, -0.25) is 4.18 Å². The van der Waals surface area contributed by atoms with Crippen molar-refractivity contribution in [2.45, 2.75) is 43.7 Å². The fraction of sp³-hybridized carbons (Fsp3) is 1.00. The monoisotopic (exact) mass is 327 g/mol. The zero-order chi connectivity index (χ0) is 15.9. The highest BCUT2D eigenvalue weighted by Crippen LogP contribution is 2.43. The number of nitrogens with two attached hydrogens (primary N) is 1. The quantitative estimate of drug-likeness (QED) is 0.692. The standard InChI is InChI=1S/C11H21NO8S/c1-10(2)19-9-8(16-4)7(15-3)5-17-11(9,20-10)6-18-21(12,13)14/h7-9H,5-6H2,1-4H3,(H2,12,13,14)/t7-,8-,9+,11+/m1/s1. The summed E-state index contributed by atoms with van der Waals surface area (Å²) in [7, 11) is -1.11. The van der Waals surface area contributed by atoms with Crippen molar-refractivity contribution < 1.29 is 36.3 Å². The summed E-state index contributed by atoms with van der Waals surface area (Å²) in [6, 6.07) is 0. The van der Waals surface area contributed by atoms with Crippen LogP contribution in [0.1, 0.15) is 13.8 Å². The average Bonchev–Trinajstić information content (AvgIpc) is 2.65. The molecule has 0 aromatic rings. The van der Waals surface area contributed by atoms with E-state index in [1.54, 1.807) is 13.8 Å². The maximum atomic E-state index is 11.0. The van der Waals surface area contributed by atoms with Crippen LogP contribution in [0.5, 0.6) is 0 Å². The Labute approximate surface area is 123 Å². The molecule has 0 aromatic carbocycles. The predicted molar refractivity (Wildman–Crippen MR) is 69.4 cm³/mol. The van der Waals surface area contributed by atoms with Crippen LogP contribution >= 0.6 is 0 Å². The lowest BCUT2D eigenvalue weighted by Crippen LogP contribution is -2.62. The topological polar surface area (TPSA) is 116 Å². The lowest BCUT2D eigenvalue weighted by atomic mass is 9.97. The molecule has 0 unspecified atom stereocenters. The molecular formula is C11H21NO8S. The molecule has 0 saturated carbocycles. The Morgan fingerprint density at radius 2 is 1.95 bits per heavy atom. The van der Waals surface area contributed by atoms with Crippen molar-refractivity contribution in [3.8, 4) is 0 Å². The molecule has 0 aromatic heterocycles. The van der Waals surface area contributed by atoms with Crippen LogP contribution < -0.4 is 5.14 Å². The zero-order valence-corrected chi connectivity index (χ0v) is 13.2. The minimum absolute atomic E-state index is 0.138. The molecule has 4 atom stereocenters. The van der Waals surface area contributed by atoms with Gasteiger partial charge in [-0.05, 0) is 13.8 Å². The first-order valence-electron chi connectivity index (χ1n) is 6.37. The van der Waals surface area contributed by atoms with Crippen LogP contribution in [-0.2, 0) is 38.2 Å². The highest BCUT2D eigenvalue weighted by Gasteiger charge is 2.62. The van der Waals surface area contributed by atoms with Gasteiger partial charge >= 0.3 is 10.3 Å². The molecule has 0 spiro atoms. The molecule has 0 amide bonds. The van der Waals surface area contributed by atoms with Gasteiger partial charge in [0, 0.05) is 14.2 Å². The van der Waals surface area contributed by atoms with E-state index in [0.29, 0.717) is 0 Å². The Morgan fingerprint density at radius 3 is 2.48 bits per heavy atom. The van der Waals surface area contributed by atoms with E-state index in [4.69, 9.17) is 28.8 Å². The predicted octanol–water partition coefficient (Wildman–Crippen LogP) is -0.885. The molecule has 9 nitrogen and oxygen atoms in total. The van der Waals surface area contributed by atoms with Crippen LogP contribution in [0, 0.1) is 0 Å². The van der Waals surface area contributed by atoms with Gasteiger partial charge in [-0.25, -0.2) is 5.14 Å². The molecule has 0 radical (unpaired) electrons. The van der Waals surface area contributed by atoms with Gasteiger partial charge in [-0.1, -0.05) is 0 Å². The number of hydrogen-bond donors (Lipinski definition) is 1. The summed E-state index contributed by atoms with van der Waals surface area (Å²) in [4.78, 5) is 0. The highest BCUT2D eigenvalue weighted by molar-refractivity contribution is 7.84. The van der Waals surface area contributed by atoms with Crippen LogP contribution in [0.2, 0.25) is 0 Å². The molecule has 10 heteroatoms. The summed E-state index contributed by atoms with van der Waals surface area (Å²) in [6.07, 6.45) is -1.60. The summed E-state index contributed by atoms with van der Waals surface area (Å²) in [5.74, 6) is -2.42. The van der Waals surface area contributed by atoms with Crippen molar-refractivity contribution in [2.75, 3.05) is 27.4 Å². The summed E-state index contributed by atoms with van der Waals surface area (Å²) in [5, 5.41) is 4.86. The summed E-state index contributed by atoms with van der Waals surface area (Å²) < 4.78 is 54.6. The van der Waals surface area contributed by atoms with E-state index in [-0.39, 0.29) is 12.7 Å². The second-order valence-electron chi connectivity index (χ2n) is 5.39. The van der Waals surface area contributed by atoms with Crippen LogP contribution in [0.3, 0.4) is 0 Å². The van der Waals surface area contributed by atoms with E-state index in [2.05, 4.69) is 4.18 Å². The molecule has 0 bridgehead atoms. The van der Waals surface area contributed by atoms with Gasteiger partial charge in [0.25, 0.3) is 0 Å². The van der Waals surface area contributed by atoms with Gasteiger partial charge in [0.15, 0.2) is 5.79 Å². The van der Waals surface area contributed by atoms with E-state index in [1.165, 1.54) is 14.2 Å². The van der Waals surface area contributed by atoms with Crippen molar-refractivity contribution >= 4 is 10.3 Å². The van der Waals surface area contributed by atoms with Crippen molar-refractivity contribution in [1.29, 1.82) is 0 Å². The first-order valence-corrected chi connectivity index (χ1v) is 7.84. The van der Waals surface area contributed by atoms with Gasteiger partial charge in [0.1, 0.15) is 24.9 Å². The van der Waals surface area contributed by atoms with Gasteiger partial charge in [-0.15, -0.1) is 0 Å². The Bertz CT molecular complexity index is 481. The number of ether oxygens (including phenoxy) is 5. The molecular weight excluding hydrogens is 306 g/mol. The molecule has 2 N–H and O–H groups in total. The summed E-state index contributed by atoms with van der Waals surface area (Å²) in [5.41, 5.74) is 0. The van der Waals surface area contributed by atoms with Crippen molar-refractivity contribution in [3.63, 3.8) is 0 Å². The van der Waals surface area contributed by atoms with Gasteiger partial charge in [-0.2, -0.15) is 8.42 Å². The van der Waals surface area contributed by atoms with Gasteiger partial charge in [0.05, 0.1) is 6.61 Å². The molecule has 2 heterocycles. The third kappa shape index (κ3) is 3.54. The minimum Gasteiger partial charge on any atom is -0.376 e. The maximum absolute atomic E-state index is 11.0. The van der Waals surface area contributed by atoms with Crippen LogP contribution in [0.4, 0.5) is 0 Å². The Hall–Kier alpha value is -0.330. The van der Waals surface area contributed by atoms with Crippen molar-refractivity contribution in [1.82, 2.24) is 0 Å². The largest absolute Gasteiger partial charge is 0.376 e. The SMILES string of the molecule is CO[C@@H]1[C@H](OC)CO[C@@]2(COS(N)(=O)=O)OC(C)(C)O[C@@H]12. The Kier molecular flexibility index (Phi) is 4.63. The second-order valence-corrected chi connectivity index (χ2v) is 6.61. The molecule has 21 heavy (non-hydrogen) atoms. The third-order valence-corrected chi connectivity index (χ3v) is 3.87. The van der Waals surface area contributed by atoms with Crippen molar-refractivity contribution in [3.05, 3.63) is 0 Å². The molecule has 2 aliphatic heterocycles. The Balaban J connectivity index is 2.27. The zero-order valence-electron chi connectivity index (χ0n) is 12.4. The van der Waals surface area contributed by atoms with E-state index in [0.717, 1.165) is 0 Å². The fourth-order valence-corrected chi connectivity index (χ4v) is 2.96. The van der Waals surface area contributed by atoms with Gasteiger partial charge < -0.3 is 23.7 Å². The Morgan fingerprint density at radius 1 is 1.29 bits per heavy atom. The third-order valence-electron chi connectivity index (χ3n) is 3.42. The van der Waals surface area contributed by atoms with E-state index in [1.807, 2.05) is 0 Å². The molecule has 0 aliphatic carbocycles. The first-order chi connectivity index (χ1) is 9.62. The molecule has 2 rings (SSSR count). The fourth-order valence-electron chi connectivity index (χ4n) is 2.63. The normalized spacial score (nSPS) is 39.2. The number of methoxy groups -OCH3 is 2. The highest BCUT2D eigenvalue weighted by atomic mass is 32.2. The van der Waals surface area contributed by atoms with Crippen LogP contribution in [0.25, 0.3) is 0 Å². The van der Waals surface area contributed by atoms with E-state index < -0.39 is 40.7 Å². The lowest BCUT2D eigenvalue weighted by Gasteiger charge is -2.42. The lowest BCUT2D eigenvalue weighted by molar-refractivity contribution is -0.305. The molecule has 124 valence electrons. The van der Waals surface area contributed by atoms with Crippen LogP contribution in [-0.4, -0.2) is 65.7 Å². The second kappa shape index (κ2) is 5.70. The minimum atomic E-state index is -4.14. The maximum Gasteiger partial charge on any atom is 0.333 e. The van der Waals surface area contributed by atoms with E-state index in [9.17, 15) is 8.42 Å². The van der Waals surface area contributed by atoms with Crippen molar-refractivity contribution in [2.24, 2.45) is 5.14 Å². The average molecular weight is 327 g/mol. The summed E-state index contributed by atoms with van der Waals surface area (Å²) in [6.45, 7) is 3.07. The number of fused-ring (bicyclic) bond motifs is 1. The molecule has 2 fully saturated rings. The molecule has 2 aliphatic rings. The number of hydrogen-bond acceptors (Lipinski definition) is 8. The smallest absolute Gasteiger partial charge is 0.333 e. The first kappa shape index (κ1) is 17.0.